The monoisotopic (exact) mass is 225 g/mol. The summed E-state index contributed by atoms with van der Waals surface area (Å²) in [6.07, 6.45) is 6.00. The first-order chi connectivity index (χ1) is 7.45. The molecular formula is C11H19N3S. The van der Waals surface area contributed by atoms with Gasteiger partial charge in [-0.25, -0.2) is 0 Å². The maximum Gasteiger partial charge on any atom is 0.0794 e. The molecule has 0 saturated carbocycles. The predicted octanol–water partition coefficient (Wildman–Crippen LogP) is 1.72. The molecule has 0 radical (unpaired) electrons. The molecule has 1 aromatic heterocycles. The van der Waals surface area contributed by atoms with E-state index in [1.54, 1.807) is 11.3 Å². The molecule has 0 atom stereocenters. The molecule has 84 valence electrons. The second-order valence-electron chi connectivity index (χ2n) is 4.05. The van der Waals surface area contributed by atoms with Gasteiger partial charge in [0.2, 0.25) is 0 Å². The standard InChI is InChI=1S/C11H19N3S/c1-2-6-14(5-1)7-3-4-12-8-11-9-13-10-15-11/h9-10,12H,1-8H2. The van der Waals surface area contributed by atoms with Crippen LogP contribution in [0.4, 0.5) is 0 Å². The Labute approximate surface area is 95.5 Å². The summed E-state index contributed by atoms with van der Waals surface area (Å²) < 4.78 is 0. The maximum absolute atomic E-state index is 4.05. The largest absolute Gasteiger partial charge is 0.312 e. The van der Waals surface area contributed by atoms with Gasteiger partial charge in [0, 0.05) is 17.6 Å². The third kappa shape index (κ3) is 3.89. The van der Waals surface area contributed by atoms with E-state index < -0.39 is 0 Å². The van der Waals surface area contributed by atoms with Crippen LogP contribution in [-0.4, -0.2) is 36.1 Å². The van der Waals surface area contributed by atoms with E-state index in [1.807, 2.05) is 11.7 Å². The second-order valence-corrected chi connectivity index (χ2v) is 5.02. The van der Waals surface area contributed by atoms with Gasteiger partial charge in [-0.2, -0.15) is 0 Å². The van der Waals surface area contributed by atoms with Gasteiger partial charge in [0.1, 0.15) is 0 Å². The van der Waals surface area contributed by atoms with Crippen LogP contribution in [0.3, 0.4) is 0 Å². The van der Waals surface area contributed by atoms with Gasteiger partial charge in [-0.3, -0.25) is 4.98 Å². The summed E-state index contributed by atoms with van der Waals surface area (Å²) in [5.74, 6) is 0. The number of thiazole rings is 1. The first-order valence-corrected chi connectivity index (χ1v) is 6.63. The zero-order valence-electron chi connectivity index (χ0n) is 9.11. The zero-order valence-corrected chi connectivity index (χ0v) is 9.93. The van der Waals surface area contributed by atoms with Gasteiger partial charge in [-0.1, -0.05) is 0 Å². The first-order valence-electron chi connectivity index (χ1n) is 5.75. The molecule has 4 heteroatoms. The molecule has 0 bridgehead atoms. The van der Waals surface area contributed by atoms with Crippen LogP contribution in [0.1, 0.15) is 24.1 Å². The normalized spacial score (nSPS) is 17.3. The second kappa shape index (κ2) is 6.20. The highest BCUT2D eigenvalue weighted by molar-refractivity contribution is 7.09. The molecule has 0 amide bonds. The summed E-state index contributed by atoms with van der Waals surface area (Å²) in [7, 11) is 0. The Morgan fingerprint density at radius 3 is 3.00 bits per heavy atom. The van der Waals surface area contributed by atoms with E-state index in [-0.39, 0.29) is 0 Å². The zero-order chi connectivity index (χ0) is 10.3. The van der Waals surface area contributed by atoms with E-state index in [9.17, 15) is 0 Å². The maximum atomic E-state index is 4.05. The fourth-order valence-corrected chi connectivity index (χ4v) is 2.54. The number of rotatable bonds is 6. The average molecular weight is 225 g/mol. The summed E-state index contributed by atoms with van der Waals surface area (Å²) in [5.41, 5.74) is 1.89. The molecule has 1 aliphatic rings. The van der Waals surface area contributed by atoms with Crippen LogP contribution < -0.4 is 5.32 Å². The molecule has 1 fully saturated rings. The number of nitrogens with zero attached hydrogens (tertiary/aromatic N) is 2. The molecule has 0 aromatic carbocycles. The Kier molecular flexibility index (Phi) is 4.57. The molecule has 1 aromatic rings. The van der Waals surface area contributed by atoms with Gasteiger partial charge in [0.25, 0.3) is 0 Å². The molecule has 1 aliphatic heterocycles. The third-order valence-corrected chi connectivity index (χ3v) is 3.59. The fourth-order valence-electron chi connectivity index (χ4n) is 1.97. The van der Waals surface area contributed by atoms with E-state index in [0.717, 1.165) is 13.1 Å². The SMILES string of the molecule is c1ncc(CNCCCN2CCCC2)s1. The summed E-state index contributed by atoms with van der Waals surface area (Å²) in [6.45, 7) is 5.98. The molecule has 0 unspecified atom stereocenters. The minimum atomic E-state index is 0.977. The van der Waals surface area contributed by atoms with E-state index in [1.165, 1.54) is 43.8 Å². The highest BCUT2D eigenvalue weighted by Crippen LogP contribution is 2.07. The molecule has 1 saturated heterocycles. The van der Waals surface area contributed by atoms with E-state index >= 15 is 0 Å². The lowest BCUT2D eigenvalue weighted by Crippen LogP contribution is -2.24. The lowest BCUT2D eigenvalue weighted by molar-refractivity contribution is 0.331. The van der Waals surface area contributed by atoms with Crippen molar-refractivity contribution in [1.82, 2.24) is 15.2 Å². The van der Waals surface area contributed by atoms with Crippen LogP contribution >= 0.6 is 11.3 Å². The average Bonchev–Trinajstić information content (AvgIpc) is 2.88. The minimum absolute atomic E-state index is 0.977. The summed E-state index contributed by atoms with van der Waals surface area (Å²) >= 11 is 1.72. The van der Waals surface area contributed by atoms with Crippen molar-refractivity contribution in [3.05, 3.63) is 16.6 Å². The summed E-state index contributed by atoms with van der Waals surface area (Å²) in [5, 5.41) is 3.46. The molecule has 3 nitrogen and oxygen atoms in total. The van der Waals surface area contributed by atoms with Crippen molar-refractivity contribution < 1.29 is 0 Å². The molecular weight excluding hydrogens is 206 g/mol. The number of hydrogen-bond donors (Lipinski definition) is 1. The van der Waals surface area contributed by atoms with Crippen LogP contribution in [-0.2, 0) is 6.54 Å². The topological polar surface area (TPSA) is 28.2 Å². The number of hydrogen-bond acceptors (Lipinski definition) is 4. The van der Waals surface area contributed by atoms with Crippen LogP contribution in [0.5, 0.6) is 0 Å². The van der Waals surface area contributed by atoms with Crippen molar-refractivity contribution >= 4 is 11.3 Å². The molecule has 2 heterocycles. The molecule has 15 heavy (non-hydrogen) atoms. The highest BCUT2D eigenvalue weighted by Gasteiger charge is 2.09. The Hall–Kier alpha value is -0.450. The van der Waals surface area contributed by atoms with Crippen molar-refractivity contribution in [2.75, 3.05) is 26.2 Å². The Balaban J connectivity index is 1.48. The fraction of sp³-hybridized carbons (Fsp3) is 0.727. The van der Waals surface area contributed by atoms with Crippen LogP contribution in [0, 0.1) is 0 Å². The first kappa shape index (κ1) is 11.0. The van der Waals surface area contributed by atoms with Crippen molar-refractivity contribution in [2.24, 2.45) is 0 Å². The molecule has 2 rings (SSSR count). The van der Waals surface area contributed by atoms with Gasteiger partial charge in [-0.05, 0) is 45.4 Å². The number of likely N-dealkylation sites (tertiary alicyclic amines) is 1. The number of aromatic nitrogens is 1. The Morgan fingerprint density at radius 2 is 2.27 bits per heavy atom. The van der Waals surface area contributed by atoms with Gasteiger partial charge < -0.3 is 10.2 Å². The summed E-state index contributed by atoms with van der Waals surface area (Å²) in [6, 6.07) is 0. The van der Waals surface area contributed by atoms with Crippen LogP contribution in [0.25, 0.3) is 0 Å². The van der Waals surface area contributed by atoms with Gasteiger partial charge in [0.05, 0.1) is 5.51 Å². The predicted molar refractivity (Wildman–Crippen MR) is 64.1 cm³/mol. The Morgan fingerprint density at radius 1 is 1.40 bits per heavy atom. The van der Waals surface area contributed by atoms with E-state index in [4.69, 9.17) is 0 Å². The molecule has 1 N–H and O–H groups in total. The van der Waals surface area contributed by atoms with Gasteiger partial charge in [0.15, 0.2) is 0 Å². The molecule has 0 aliphatic carbocycles. The van der Waals surface area contributed by atoms with Gasteiger partial charge in [-0.15, -0.1) is 11.3 Å². The lowest BCUT2D eigenvalue weighted by atomic mass is 10.4. The van der Waals surface area contributed by atoms with Crippen molar-refractivity contribution in [3.63, 3.8) is 0 Å². The van der Waals surface area contributed by atoms with Crippen molar-refractivity contribution in [2.45, 2.75) is 25.8 Å². The highest BCUT2D eigenvalue weighted by atomic mass is 32.1. The molecule has 0 spiro atoms. The number of nitrogens with one attached hydrogen (secondary N) is 1. The smallest absolute Gasteiger partial charge is 0.0794 e. The quantitative estimate of drug-likeness (QED) is 0.747. The van der Waals surface area contributed by atoms with E-state index in [2.05, 4.69) is 15.2 Å². The van der Waals surface area contributed by atoms with Crippen molar-refractivity contribution in [3.8, 4) is 0 Å². The Bertz CT molecular complexity index is 255. The van der Waals surface area contributed by atoms with E-state index in [0.29, 0.717) is 0 Å². The lowest BCUT2D eigenvalue weighted by Gasteiger charge is -2.13. The van der Waals surface area contributed by atoms with Gasteiger partial charge >= 0.3 is 0 Å². The van der Waals surface area contributed by atoms with Crippen LogP contribution in [0.2, 0.25) is 0 Å². The third-order valence-electron chi connectivity index (χ3n) is 2.81. The summed E-state index contributed by atoms with van der Waals surface area (Å²) in [4.78, 5) is 7.95. The minimum Gasteiger partial charge on any atom is -0.312 e. The van der Waals surface area contributed by atoms with Crippen LogP contribution in [0.15, 0.2) is 11.7 Å². The van der Waals surface area contributed by atoms with Crippen molar-refractivity contribution in [1.29, 1.82) is 0 Å².